The summed E-state index contributed by atoms with van der Waals surface area (Å²) in [6.07, 6.45) is 0.329. The molecule has 2 amide bonds. The van der Waals surface area contributed by atoms with Crippen LogP contribution in [0.4, 0.5) is 4.79 Å². The highest BCUT2D eigenvalue weighted by Crippen LogP contribution is 2.10. The van der Waals surface area contributed by atoms with Gasteiger partial charge in [-0.25, -0.2) is 9.59 Å². The van der Waals surface area contributed by atoms with Gasteiger partial charge in [0, 0.05) is 20.1 Å². The second-order valence-corrected chi connectivity index (χ2v) is 4.79. The zero-order chi connectivity index (χ0) is 15.8. The Hall–Kier alpha value is -2.08. The maximum Gasteiger partial charge on any atom is 0.326 e. The van der Waals surface area contributed by atoms with Crippen LogP contribution in [0.5, 0.6) is 0 Å². The van der Waals surface area contributed by atoms with Gasteiger partial charge in [-0.1, -0.05) is 37.3 Å². The van der Waals surface area contributed by atoms with Gasteiger partial charge in [-0.3, -0.25) is 0 Å². The van der Waals surface area contributed by atoms with Crippen LogP contribution in [0.15, 0.2) is 30.3 Å². The summed E-state index contributed by atoms with van der Waals surface area (Å²) in [5.74, 6) is -1.03. The van der Waals surface area contributed by atoms with E-state index in [2.05, 4.69) is 0 Å². The van der Waals surface area contributed by atoms with Crippen molar-refractivity contribution in [2.24, 2.45) is 0 Å². The van der Waals surface area contributed by atoms with Crippen molar-refractivity contribution in [2.75, 3.05) is 20.2 Å². The molecule has 1 atom stereocenters. The van der Waals surface area contributed by atoms with E-state index in [9.17, 15) is 9.59 Å². The second kappa shape index (κ2) is 8.26. The van der Waals surface area contributed by atoms with Crippen molar-refractivity contribution in [3.05, 3.63) is 35.9 Å². The van der Waals surface area contributed by atoms with Crippen molar-refractivity contribution < 1.29 is 19.8 Å². The molecular formula is C15H22N2O4. The van der Waals surface area contributed by atoms with E-state index in [1.165, 1.54) is 16.8 Å². The summed E-state index contributed by atoms with van der Waals surface area (Å²) in [4.78, 5) is 26.2. The molecule has 6 nitrogen and oxygen atoms in total. The lowest BCUT2D eigenvalue weighted by molar-refractivity contribution is -0.142. The molecular weight excluding hydrogens is 272 g/mol. The van der Waals surface area contributed by atoms with Crippen molar-refractivity contribution >= 4 is 12.0 Å². The number of urea groups is 1. The number of aliphatic carboxylic acids is 1. The molecule has 0 aliphatic carbocycles. The lowest BCUT2D eigenvalue weighted by Crippen LogP contribution is -2.49. The van der Waals surface area contributed by atoms with E-state index in [4.69, 9.17) is 10.2 Å². The Balaban J connectivity index is 2.84. The molecule has 0 aliphatic rings. The topological polar surface area (TPSA) is 81.1 Å². The Morgan fingerprint density at radius 3 is 2.33 bits per heavy atom. The van der Waals surface area contributed by atoms with Crippen LogP contribution in [0.1, 0.15) is 18.9 Å². The smallest absolute Gasteiger partial charge is 0.326 e. The maximum atomic E-state index is 12.4. The number of amides is 2. The van der Waals surface area contributed by atoms with Crippen LogP contribution in [0, 0.1) is 0 Å². The number of likely N-dealkylation sites (N-methyl/N-ethyl adjacent to an activating group) is 1. The van der Waals surface area contributed by atoms with Crippen LogP contribution >= 0.6 is 0 Å². The molecule has 0 fully saturated rings. The monoisotopic (exact) mass is 294 g/mol. The van der Waals surface area contributed by atoms with Gasteiger partial charge >= 0.3 is 12.0 Å². The van der Waals surface area contributed by atoms with Crippen LogP contribution < -0.4 is 0 Å². The average Bonchev–Trinajstić information content (AvgIpc) is 2.47. The molecule has 0 saturated carbocycles. The fourth-order valence-electron chi connectivity index (χ4n) is 2.14. The number of rotatable bonds is 7. The molecule has 0 radical (unpaired) electrons. The molecule has 116 valence electrons. The summed E-state index contributed by atoms with van der Waals surface area (Å²) in [7, 11) is 1.47. The first-order valence-corrected chi connectivity index (χ1v) is 6.90. The summed E-state index contributed by atoms with van der Waals surface area (Å²) in [6, 6.07) is 8.11. The van der Waals surface area contributed by atoms with Crippen LogP contribution in [0.2, 0.25) is 0 Å². The molecule has 0 spiro atoms. The van der Waals surface area contributed by atoms with Crippen LogP contribution in [0.3, 0.4) is 0 Å². The third kappa shape index (κ3) is 4.75. The summed E-state index contributed by atoms with van der Waals surface area (Å²) in [5, 5.41) is 18.3. The molecule has 21 heavy (non-hydrogen) atoms. The quantitative estimate of drug-likeness (QED) is 0.796. The number of hydrogen-bond acceptors (Lipinski definition) is 3. The van der Waals surface area contributed by atoms with Gasteiger partial charge in [0.15, 0.2) is 0 Å². The number of carboxylic acids is 1. The minimum atomic E-state index is -1.03. The molecule has 6 heteroatoms. The number of hydrogen-bond donors (Lipinski definition) is 2. The van der Waals surface area contributed by atoms with Crippen molar-refractivity contribution in [2.45, 2.75) is 25.9 Å². The molecule has 2 N–H and O–H groups in total. The van der Waals surface area contributed by atoms with E-state index in [-0.39, 0.29) is 13.2 Å². The van der Waals surface area contributed by atoms with E-state index in [1.54, 1.807) is 6.92 Å². The Morgan fingerprint density at radius 2 is 1.86 bits per heavy atom. The van der Waals surface area contributed by atoms with E-state index < -0.39 is 18.0 Å². The predicted octanol–water partition coefficient (Wildman–Crippen LogP) is 1.40. The van der Waals surface area contributed by atoms with Crippen LogP contribution in [-0.4, -0.2) is 58.3 Å². The van der Waals surface area contributed by atoms with Gasteiger partial charge in [0.25, 0.3) is 0 Å². The zero-order valence-corrected chi connectivity index (χ0v) is 12.4. The number of carbonyl (C=O) groups excluding carboxylic acids is 1. The maximum absolute atomic E-state index is 12.4. The lowest BCUT2D eigenvalue weighted by Gasteiger charge is -2.31. The average molecular weight is 294 g/mol. The molecule has 1 aromatic carbocycles. The highest BCUT2D eigenvalue weighted by Gasteiger charge is 2.28. The van der Waals surface area contributed by atoms with Gasteiger partial charge in [-0.2, -0.15) is 0 Å². The van der Waals surface area contributed by atoms with Gasteiger partial charge in [0.1, 0.15) is 6.04 Å². The van der Waals surface area contributed by atoms with E-state index in [0.717, 1.165) is 5.56 Å². The first kappa shape index (κ1) is 17.0. The number of benzene rings is 1. The second-order valence-electron chi connectivity index (χ2n) is 4.79. The molecule has 0 bridgehead atoms. The van der Waals surface area contributed by atoms with Gasteiger partial charge in [-0.05, 0) is 12.0 Å². The van der Waals surface area contributed by atoms with Gasteiger partial charge in [0.05, 0.1) is 6.61 Å². The number of nitrogens with zero attached hydrogens (tertiary/aromatic N) is 2. The van der Waals surface area contributed by atoms with Crippen molar-refractivity contribution in [1.29, 1.82) is 0 Å². The van der Waals surface area contributed by atoms with Crippen LogP contribution in [0.25, 0.3) is 0 Å². The van der Waals surface area contributed by atoms with E-state index in [0.29, 0.717) is 13.0 Å². The molecule has 0 saturated heterocycles. The molecule has 1 rings (SSSR count). The van der Waals surface area contributed by atoms with Crippen molar-refractivity contribution in [3.63, 3.8) is 0 Å². The largest absolute Gasteiger partial charge is 0.480 e. The van der Waals surface area contributed by atoms with E-state index in [1.807, 2.05) is 30.3 Å². The van der Waals surface area contributed by atoms with Gasteiger partial charge in [0.2, 0.25) is 0 Å². The Bertz CT molecular complexity index is 464. The zero-order valence-electron chi connectivity index (χ0n) is 12.4. The van der Waals surface area contributed by atoms with Crippen molar-refractivity contribution in [1.82, 2.24) is 9.80 Å². The third-order valence-corrected chi connectivity index (χ3v) is 3.30. The minimum absolute atomic E-state index is 0.161. The van der Waals surface area contributed by atoms with Gasteiger partial charge in [-0.15, -0.1) is 0 Å². The standard InChI is InChI=1S/C15H22N2O4/c1-3-13(14(19)20)16(2)15(21)17(9-10-18)11-12-7-5-4-6-8-12/h4-8,13,18H,3,9-11H2,1-2H3,(H,19,20). The first-order chi connectivity index (χ1) is 10.0. The fraction of sp³-hybridized carbons (Fsp3) is 0.467. The fourth-order valence-corrected chi connectivity index (χ4v) is 2.14. The number of carboxylic acid groups (broad SMARTS) is 1. The number of carbonyl (C=O) groups is 2. The summed E-state index contributed by atoms with van der Waals surface area (Å²) in [5.41, 5.74) is 0.927. The Labute approximate surface area is 124 Å². The normalized spacial score (nSPS) is 11.8. The number of aliphatic hydroxyl groups excluding tert-OH is 1. The summed E-state index contributed by atoms with van der Waals surface area (Å²) >= 11 is 0. The molecule has 1 unspecified atom stereocenters. The van der Waals surface area contributed by atoms with Crippen LogP contribution in [-0.2, 0) is 11.3 Å². The molecule has 0 aromatic heterocycles. The summed E-state index contributed by atoms with van der Waals surface area (Å²) in [6.45, 7) is 2.04. The molecule has 0 aliphatic heterocycles. The predicted molar refractivity (Wildman–Crippen MR) is 78.8 cm³/mol. The highest BCUT2D eigenvalue weighted by molar-refractivity contribution is 5.82. The number of aliphatic hydroxyl groups is 1. The van der Waals surface area contributed by atoms with Gasteiger partial charge < -0.3 is 20.0 Å². The first-order valence-electron chi connectivity index (χ1n) is 6.90. The SMILES string of the molecule is CCC(C(=O)O)N(C)C(=O)N(CCO)Cc1ccccc1. The highest BCUT2D eigenvalue weighted by atomic mass is 16.4. The lowest BCUT2D eigenvalue weighted by atomic mass is 10.2. The molecule has 0 heterocycles. The van der Waals surface area contributed by atoms with E-state index >= 15 is 0 Å². The summed E-state index contributed by atoms with van der Waals surface area (Å²) < 4.78 is 0. The third-order valence-electron chi connectivity index (χ3n) is 3.30. The minimum Gasteiger partial charge on any atom is -0.480 e. The molecule has 1 aromatic rings. The Morgan fingerprint density at radius 1 is 1.24 bits per heavy atom. The van der Waals surface area contributed by atoms with Crippen molar-refractivity contribution in [3.8, 4) is 0 Å². The Kier molecular flexibility index (Phi) is 6.68.